The van der Waals surface area contributed by atoms with Crippen LogP contribution < -0.4 is 11.1 Å². The number of benzene rings is 2. The molecule has 2 aromatic carbocycles. The first-order valence-electron chi connectivity index (χ1n) is 6.30. The molecule has 1 unspecified atom stereocenters. The molecule has 0 heterocycles. The van der Waals surface area contributed by atoms with Crippen LogP contribution in [0.1, 0.15) is 34.5 Å². The molecule has 2 aromatic rings. The van der Waals surface area contributed by atoms with Crippen molar-refractivity contribution >= 4 is 11.6 Å². The van der Waals surface area contributed by atoms with Crippen molar-refractivity contribution in [2.24, 2.45) is 0 Å². The molecule has 0 radical (unpaired) electrons. The van der Waals surface area contributed by atoms with E-state index in [0.717, 1.165) is 16.8 Å². The lowest BCUT2D eigenvalue weighted by Gasteiger charge is -2.15. The lowest BCUT2D eigenvalue weighted by molar-refractivity contribution is 0.0939. The van der Waals surface area contributed by atoms with Crippen LogP contribution in [0.25, 0.3) is 0 Å². The van der Waals surface area contributed by atoms with Crippen LogP contribution in [0.15, 0.2) is 48.5 Å². The Morgan fingerprint density at radius 1 is 1.11 bits per heavy atom. The van der Waals surface area contributed by atoms with Crippen molar-refractivity contribution in [3.63, 3.8) is 0 Å². The first kappa shape index (κ1) is 13.1. The average Bonchev–Trinajstić information content (AvgIpc) is 2.39. The Labute approximate surface area is 113 Å². The van der Waals surface area contributed by atoms with Gasteiger partial charge in [0.15, 0.2) is 0 Å². The molecule has 0 aliphatic heterocycles. The van der Waals surface area contributed by atoms with E-state index in [-0.39, 0.29) is 11.9 Å². The topological polar surface area (TPSA) is 55.1 Å². The Morgan fingerprint density at radius 2 is 1.74 bits per heavy atom. The second-order valence-corrected chi connectivity index (χ2v) is 4.68. The van der Waals surface area contributed by atoms with Gasteiger partial charge in [0.05, 0.1) is 6.04 Å². The number of hydrogen-bond acceptors (Lipinski definition) is 2. The van der Waals surface area contributed by atoms with Crippen molar-refractivity contribution in [1.82, 2.24) is 5.32 Å². The van der Waals surface area contributed by atoms with Crippen LogP contribution in [-0.4, -0.2) is 5.91 Å². The van der Waals surface area contributed by atoms with Crippen LogP contribution >= 0.6 is 0 Å². The van der Waals surface area contributed by atoms with Crippen molar-refractivity contribution in [2.75, 3.05) is 5.73 Å². The summed E-state index contributed by atoms with van der Waals surface area (Å²) < 4.78 is 0. The molecule has 0 saturated heterocycles. The Morgan fingerprint density at radius 3 is 2.37 bits per heavy atom. The van der Waals surface area contributed by atoms with Gasteiger partial charge in [-0.15, -0.1) is 0 Å². The maximum absolute atomic E-state index is 12.2. The molecule has 0 aliphatic carbocycles. The quantitative estimate of drug-likeness (QED) is 0.827. The lowest BCUT2D eigenvalue weighted by Crippen LogP contribution is -2.27. The fourth-order valence-electron chi connectivity index (χ4n) is 1.97. The van der Waals surface area contributed by atoms with Gasteiger partial charge >= 0.3 is 0 Å². The molecular weight excluding hydrogens is 236 g/mol. The van der Waals surface area contributed by atoms with Gasteiger partial charge in [0.1, 0.15) is 0 Å². The largest absolute Gasteiger partial charge is 0.399 e. The summed E-state index contributed by atoms with van der Waals surface area (Å²) in [5.74, 6) is -0.0533. The summed E-state index contributed by atoms with van der Waals surface area (Å²) >= 11 is 0. The second kappa shape index (κ2) is 5.57. The highest BCUT2D eigenvalue weighted by molar-refractivity contribution is 5.95. The number of nitrogen functional groups attached to an aromatic ring is 1. The lowest BCUT2D eigenvalue weighted by atomic mass is 10.1. The fourth-order valence-corrected chi connectivity index (χ4v) is 1.97. The van der Waals surface area contributed by atoms with E-state index in [0.29, 0.717) is 5.56 Å². The van der Waals surface area contributed by atoms with Crippen LogP contribution in [0.2, 0.25) is 0 Å². The number of hydrogen-bond donors (Lipinski definition) is 2. The predicted octanol–water partition coefficient (Wildman–Crippen LogP) is 3.07. The third kappa shape index (κ3) is 3.13. The SMILES string of the molecule is Cc1ccccc1C(=O)NC(C)c1ccc(N)cc1. The number of anilines is 1. The van der Waals surface area contributed by atoms with Gasteiger partial charge in [-0.1, -0.05) is 30.3 Å². The summed E-state index contributed by atoms with van der Waals surface area (Å²) in [5.41, 5.74) is 9.10. The van der Waals surface area contributed by atoms with E-state index in [1.54, 1.807) is 0 Å². The molecule has 3 N–H and O–H groups in total. The highest BCUT2D eigenvalue weighted by Gasteiger charge is 2.12. The summed E-state index contributed by atoms with van der Waals surface area (Å²) in [6.07, 6.45) is 0. The van der Waals surface area contributed by atoms with Gasteiger partial charge in [-0.05, 0) is 43.2 Å². The van der Waals surface area contributed by atoms with Crippen LogP contribution in [0.3, 0.4) is 0 Å². The Balaban J connectivity index is 2.11. The van der Waals surface area contributed by atoms with E-state index >= 15 is 0 Å². The van der Waals surface area contributed by atoms with Crippen LogP contribution in [0.4, 0.5) is 5.69 Å². The van der Waals surface area contributed by atoms with Crippen molar-refractivity contribution in [1.29, 1.82) is 0 Å². The molecule has 2 rings (SSSR count). The third-order valence-electron chi connectivity index (χ3n) is 3.17. The zero-order chi connectivity index (χ0) is 13.8. The Hall–Kier alpha value is -2.29. The molecule has 1 amide bonds. The highest BCUT2D eigenvalue weighted by atomic mass is 16.1. The maximum Gasteiger partial charge on any atom is 0.252 e. The number of rotatable bonds is 3. The van der Waals surface area contributed by atoms with Gasteiger partial charge in [0.2, 0.25) is 0 Å². The molecular formula is C16H18N2O. The van der Waals surface area contributed by atoms with Gasteiger partial charge < -0.3 is 11.1 Å². The van der Waals surface area contributed by atoms with Crippen LogP contribution in [0, 0.1) is 6.92 Å². The van der Waals surface area contributed by atoms with E-state index in [9.17, 15) is 4.79 Å². The molecule has 0 fully saturated rings. The van der Waals surface area contributed by atoms with Gasteiger partial charge in [-0.25, -0.2) is 0 Å². The number of aryl methyl sites for hydroxylation is 1. The Bertz CT molecular complexity index is 576. The molecule has 19 heavy (non-hydrogen) atoms. The minimum atomic E-state index is -0.0533. The van der Waals surface area contributed by atoms with E-state index in [4.69, 9.17) is 5.73 Å². The number of amides is 1. The summed E-state index contributed by atoms with van der Waals surface area (Å²) in [6.45, 7) is 3.89. The van der Waals surface area contributed by atoms with E-state index in [1.165, 1.54) is 0 Å². The zero-order valence-corrected chi connectivity index (χ0v) is 11.2. The number of carbonyl (C=O) groups is 1. The summed E-state index contributed by atoms with van der Waals surface area (Å²) in [5, 5.41) is 2.99. The molecule has 0 bridgehead atoms. The summed E-state index contributed by atoms with van der Waals surface area (Å²) in [4.78, 5) is 12.2. The first-order chi connectivity index (χ1) is 9.08. The van der Waals surface area contributed by atoms with Crippen LogP contribution in [0.5, 0.6) is 0 Å². The molecule has 98 valence electrons. The predicted molar refractivity (Wildman–Crippen MR) is 77.9 cm³/mol. The van der Waals surface area contributed by atoms with Crippen molar-refractivity contribution < 1.29 is 4.79 Å². The van der Waals surface area contributed by atoms with Crippen molar-refractivity contribution in [3.05, 3.63) is 65.2 Å². The van der Waals surface area contributed by atoms with Crippen LogP contribution in [-0.2, 0) is 0 Å². The second-order valence-electron chi connectivity index (χ2n) is 4.68. The number of nitrogens with two attached hydrogens (primary N) is 1. The minimum absolute atomic E-state index is 0.0484. The number of nitrogens with one attached hydrogen (secondary N) is 1. The van der Waals surface area contributed by atoms with Crippen molar-refractivity contribution in [3.8, 4) is 0 Å². The first-order valence-corrected chi connectivity index (χ1v) is 6.30. The molecule has 0 aromatic heterocycles. The molecule has 0 aliphatic rings. The zero-order valence-electron chi connectivity index (χ0n) is 11.2. The highest BCUT2D eigenvalue weighted by Crippen LogP contribution is 2.15. The average molecular weight is 254 g/mol. The maximum atomic E-state index is 12.2. The molecule has 1 atom stereocenters. The number of carbonyl (C=O) groups excluding carboxylic acids is 1. The molecule has 0 saturated carbocycles. The fraction of sp³-hybridized carbons (Fsp3) is 0.188. The van der Waals surface area contributed by atoms with E-state index < -0.39 is 0 Å². The van der Waals surface area contributed by atoms with Gasteiger partial charge in [-0.2, -0.15) is 0 Å². The molecule has 3 heteroatoms. The standard InChI is InChI=1S/C16H18N2O/c1-11-5-3-4-6-15(11)16(19)18-12(2)13-7-9-14(17)10-8-13/h3-10,12H,17H2,1-2H3,(H,18,19). The monoisotopic (exact) mass is 254 g/mol. The minimum Gasteiger partial charge on any atom is -0.399 e. The van der Waals surface area contributed by atoms with Gasteiger partial charge in [0.25, 0.3) is 5.91 Å². The smallest absolute Gasteiger partial charge is 0.252 e. The molecule has 3 nitrogen and oxygen atoms in total. The van der Waals surface area contributed by atoms with Crippen molar-refractivity contribution in [2.45, 2.75) is 19.9 Å². The summed E-state index contributed by atoms with van der Waals surface area (Å²) in [6, 6.07) is 15.1. The van der Waals surface area contributed by atoms with E-state index in [2.05, 4.69) is 5.32 Å². The van der Waals surface area contributed by atoms with Gasteiger partial charge in [-0.3, -0.25) is 4.79 Å². The van der Waals surface area contributed by atoms with Gasteiger partial charge in [0, 0.05) is 11.3 Å². The Kier molecular flexibility index (Phi) is 3.85. The third-order valence-corrected chi connectivity index (χ3v) is 3.17. The summed E-state index contributed by atoms with van der Waals surface area (Å²) in [7, 11) is 0. The normalized spacial score (nSPS) is 11.9. The molecule has 0 spiro atoms. The van der Waals surface area contributed by atoms with E-state index in [1.807, 2.05) is 62.4 Å².